The SMILES string of the molecule is CC(C)OCCOCC(O)CNC(C)c1nccs1. The summed E-state index contributed by atoms with van der Waals surface area (Å²) in [5, 5.41) is 16.0. The zero-order valence-electron chi connectivity index (χ0n) is 11.8. The molecule has 2 N–H and O–H groups in total. The van der Waals surface area contributed by atoms with Crippen LogP contribution in [0.25, 0.3) is 0 Å². The van der Waals surface area contributed by atoms with E-state index in [-0.39, 0.29) is 12.1 Å². The number of hydrogen-bond acceptors (Lipinski definition) is 6. The molecule has 110 valence electrons. The molecule has 1 aromatic heterocycles. The first kappa shape index (κ1) is 16.5. The number of ether oxygens (including phenoxy) is 2. The van der Waals surface area contributed by atoms with Crippen LogP contribution in [0.3, 0.4) is 0 Å². The van der Waals surface area contributed by atoms with Crippen molar-refractivity contribution in [1.29, 1.82) is 0 Å². The molecule has 0 aromatic carbocycles. The van der Waals surface area contributed by atoms with Crippen LogP contribution in [0.1, 0.15) is 31.8 Å². The Morgan fingerprint density at radius 2 is 2.16 bits per heavy atom. The topological polar surface area (TPSA) is 63.6 Å². The van der Waals surface area contributed by atoms with Crippen molar-refractivity contribution in [3.63, 3.8) is 0 Å². The third-order valence-corrected chi connectivity index (χ3v) is 3.43. The number of rotatable bonds is 10. The number of aliphatic hydroxyl groups excluding tert-OH is 1. The van der Waals surface area contributed by atoms with Gasteiger partial charge in [0, 0.05) is 18.1 Å². The van der Waals surface area contributed by atoms with Crippen LogP contribution in [0, 0.1) is 0 Å². The molecule has 0 saturated heterocycles. The normalized spacial score (nSPS) is 14.8. The highest BCUT2D eigenvalue weighted by atomic mass is 32.1. The van der Waals surface area contributed by atoms with Crippen LogP contribution < -0.4 is 5.32 Å². The Balaban J connectivity index is 2.03. The predicted octanol–water partition coefficient (Wildman–Crippen LogP) is 1.60. The Hall–Kier alpha value is -0.530. The van der Waals surface area contributed by atoms with Gasteiger partial charge in [-0.1, -0.05) is 0 Å². The van der Waals surface area contributed by atoms with Gasteiger partial charge in [0.15, 0.2) is 0 Å². The standard InChI is InChI=1S/C13H24N2O3S/c1-10(2)18-6-5-17-9-12(16)8-15-11(3)13-14-4-7-19-13/h4,7,10-12,15-16H,5-6,8-9H2,1-3H3. The van der Waals surface area contributed by atoms with Gasteiger partial charge in [0.25, 0.3) is 0 Å². The Morgan fingerprint density at radius 3 is 2.79 bits per heavy atom. The lowest BCUT2D eigenvalue weighted by Crippen LogP contribution is -2.32. The summed E-state index contributed by atoms with van der Waals surface area (Å²) >= 11 is 1.61. The third-order valence-electron chi connectivity index (χ3n) is 2.47. The number of thiazole rings is 1. The number of aliphatic hydroxyl groups is 1. The van der Waals surface area contributed by atoms with E-state index in [1.807, 2.05) is 26.2 Å². The van der Waals surface area contributed by atoms with E-state index < -0.39 is 6.10 Å². The van der Waals surface area contributed by atoms with Gasteiger partial charge in [0.2, 0.25) is 0 Å². The molecule has 0 amide bonds. The highest BCUT2D eigenvalue weighted by Crippen LogP contribution is 2.14. The number of aromatic nitrogens is 1. The maximum Gasteiger partial charge on any atom is 0.109 e. The summed E-state index contributed by atoms with van der Waals surface area (Å²) in [6.07, 6.45) is 1.49. The van der Waals surface area contributed by atoms with Gasteiger partial charge in [0.1, 0.15) is 5.01 Å². The zero-order valence-corrected chi connectivity index (χ0v) is 12.7. The molecule has 19 heavy (non-hydrogen) atoms. The van der Waals surface area contributed by atoms with Crippen molar-refractivity contribution in [2.75, 3.05) is 26.4 Å². The second-order valence-corrected chi connectivity index (χ2v) is 5.57. The van der Waals surface area contributed by atoms with Gasteiger partial charge in [-0.15, -0.1) is 11.3 Å². The minimum absolute atomic E-state index is 0.152. The Labute approximate surface area is 119 Å². The van der Waals surface area contributed by atoms with Crippen LogP contribution in [0.5, 0.6) is 0 Å². The first-order valence-corrected chi connectivity index (χ1v) is 7.47. The van der Waals surface area contributed by atoms with Crippen LogP contribution >= 0.6 is 11.3 Å². The molecule has 1 aromatic rings. The van der Waals surface area contributed by atoms with E-state index in [0.717, 1.165) is 5.01 Å². The molecule has 0 aliphatic heterocycles. The van der Waals surface area contributed by atoms with E-state index in [9.17, 15) is 5.11 Å². The molecular formula is C13H24N2O3S. The number of nitrogens with zero attached hydrogens (tertiary/aromatic N) is 1. The van der Waals surface area contributed by atoms with Gasteiger partial charge in [-0.05, 0) is 20.8 Å². The fourth-order valence-corrected chi connectivity index (χ4v) is 2.14. The van der Waals surface area contributed by atoms with Crippen LogP contribution in [-0.4, -0.2) is 48.7 Å². The molecule has 0 aliphatic rings. The second kappa shape index (κ2) is 9.39. The molecule has 0 bridgehead atoms. The zero-order chi connectivity index (χ0) is 14.1. The van der Waals surface area contributed by atoms with Crippen LogP contribution in [0.2, 0.25) is 0 Å². The van der Waals surface area contributed by atoms with Crippen LogP contribution in [0.15, 0.2) is 11.6 Å². The van der Waals surface area contributed by atoms with E-state index in [1.165, 1.54) is 0 Å². The monoisotopic (exact) mass is 288 g/mol. The van der Waals surface area contributed by atoms with Gasteiger partial charge in [-0.25, -0.2) is 4.98 Å². The fourth-order valence-electron chi connectivity index (χ4n) is 1.47. The third kappa shape index (κ3) is 7.59. The molecule has 0 radical (unpaired) electrons. The lowest BCUT2D eigenvalue weighted by atomic mass is 10.3. The lowest BCUT2D eigenvalue weighted by Gasteiger charge is -2.16. The average Bonchev–Trinajstić information content (AvgIpc) is 2.89. The Morgan fingerprint density at radius 1 is 1.37 bits per heavy atom. The molecule has 2 atom stereocenters. The van der Waals surface area contributed by atoms with Crippen molar-refractivity contribution in [3.8, 4) is 0 Å². The molecule has 1 rings (SSSR count). The summed E-state index contributed by atoms with van der Waals surface area (Å²) in [7, 11) is 0. The summed E-state index contributed by atoms with van der Waals surface area (Å²) in [5.74, 6) is 0. The molecule has 2 unspecified atom stereocenters. The Bertz CT molecular complexity index is 320. The van der Waals surface area contributed by atoms with Gasteiger partial charge in [-0.2, -0.15) is 0 Å². The highest BCUT2D eigenvalue weighted by Gasteiger charge is 2.10. The van der Waals surface area contributed by atoms with Crippen molar-refractivity contribution in [2.45, 2.75) is 39.0 Å². The minimum Gasteiger partial charge on any atom is -0.389 e. The quantitative estimate of drug-likeness (QED) is 0.640. The van der Waals surface area contributed by atoms with Crippen molar-refractivity contribution in [1.82, 2.24) is 10.3 Å². The average molecular weight is 288 g/mol. The van der Waals surface area contributed by atoms with E-state index in [4.69, 9.17) is 9.47 Å². The lowest BCUT2D eigenvalue weighted by molar-refractivity contribution is -0.0104. The van der Waals surface area contributed by atoms with Gasteiger partial charge in [-0.3, -0.25) is 0 Å². The fraction of sp³-hybridized carbons (Fsp3) is 0.769. The van der Waals surface area contributed by atoms with E-state index in [0.29, 0.717) is 26.4 Å². The molecule has 0 saturated carbocycles. The first-order valence-electron chi connectivity index (χ1n) is 6.59. The van der Waals surface area contributed by atoms with Gasteiger partial charge < -0.3 is 19.9 Å². The molecule has 0 aliphatic carbocycles. The largest absolute Gasteiger partial charge is 0.389 e. The minimum atomic E-state index is -0.513. The maximum atomic E-state index is 9.76. The van der Waals surface area contributed by atoms with Gasteiger partial charge in [0.05, 0.1) is 38.1 Å². The second-order valence-electron chi connectivity index (χ2n) is 4.65. The number of hydrogen-bond donors (Lipinski definition) is 2. The Kier molecular flexibility index (Phi) is 8.16. The molecule has 0 spiro atoms. The van der Waals surface area contributed by atoms with E-state index >= 15 is 0 Å². The number of nitrogens with one attached hydrogen (secondary N) is 1. The van der Waals surface area contributed by atoms with E-state index in [1.54, 1.807) is 17.5 Å². The van der Waals surface area contributed by atoms with Crippen molar-refractivity contribution < 1.29 is 14.6 Å². The summed E-state index contributed by atoms with van der Waals surface area (Å²) in [6.45, 7) is 7.88. The van der Waals surface area contributed by atoms with Crippen molar-refractivity contribution >= 4 is 11.3 Å². The van der Waals surface area contributed by atoms with Crippen LogP contribution in [-0.2, 0) is 9.47 Å². The summed E-state index contributed by atoms with van der Waals surface area (Å²) < 4.78 is 10.7. The molecule has 6 heteroatoms. The molecule has 0 fully saturated rings. The molecule has 1 heterocycles. The molecule has 5 nitrogen and oxygen atoms in total. The first-order chi connectivity index (χ1) is 9.09. The highest BCUT2D eigenvalue weighted by molar-refractivity contribution is 7.09. The predicted molar refractivity (Wildman–Crippen MR) is 76.4 cm³/mol. The maximum absolute atomic E-state index is 9.76. The smallest absolute Gasteiger partial charge is 0.109 e. The summed E-state index contributed by atoms with van der Waals surface area (Å²) in [5.41, 5.74) is 0. The van der Waals surface area contributed by atoms with Crippen molar-refractivity contribution in [2.24, 2.45) is 0 Å². The molecular weight excluding hydrogens is 264 g/mol. The van der Waals surface area contributed by atoms with E-state index in [2.05, 4.69) is 10.3 Å². The van der Waals surface area contributed by atoms with Gasteiger partial charge >= 0.3 is 0 Å². The van der Waals surface area contributed by atoms with Crippen LogP contribution in [0.4, 0.5) is 0 Å². The van der Waals surface area contributed by atoms with Crippen molar-refractivity contribution in [3.05, 3.63) is 16.6 Å². The summed E-state index contributed by atoms with van der Waals surface area (Å²) in [6, 6.07) is 0.152. The summed E-state index contributed by atoms with van der Waals surface area (Å²) in [4.78, 5) is 4.22.